The van der Waals surface area contributed by atoms with Gasteiger partial charge in [-0.1, -0.05) is 0 Å². The number of carbonyl (C=O) groups is 1. The first-order valence-corrected chi connectivity index (χ1v) is 5.82. The Balaban J connectivity index is 2.19. The van der Waals surface area contributed by atoms with Gasteiger partial charge in [0.1, 0.15) is 5.82 Å². The summed E-state index contributed by atoms with van der Waals surface area (Å²) in [7, 11) is 0. The van der Waals surface area contributed by atoms with Crippen LogP contribution < -0.4 is 10.9 Å². The summed E-state index contributed by atoms with van der Waals surface area (Å²) < 4.78 is 1.28. The monoisotopic (exact) mass is 249 g/mol. The molecule has 0 atom stereocenters. The molecule has 7 heteroatoms. The highest BCUT2D eigenvalue weighted by molar-refractivity contribution is 5.75. The van der Waals surface area contributed by atoms with Gasteiger partial charge in [-0.2, -0.15) is 9.50 Å². The molecule has 2 N–H and O–H groups in total. The van der Waals surface area contributed by atoms with Gasteiger partial charge in [0.25, 0.3) is 11.3 Å². The molecule has 0 aliphatic rings. The Labute approximate surface area is 103 Å². The molecular formula is C11H15N5O2. The predicted molar refractivity (Wildman–Crippen MR) is 65.3 cm³/mol. The van der Waals surface area contributed by atoms with Crippen LogP contribution in [0.5, 0.6) is 0 Å². The number of rotatable bonds is 4. The lowest BCUT2D eigenvalue weighted by molar-refractivity contribution is -0.120. The molecule has 2 rings (SSSR count). The molecule has 2 aromatic heterocycles. The van der Waals surface area contributed by atoms with E-state index >= 15 is 0 Å². The van der Waals surface area contributed by atoms with Gasteiger partial charge in [0.2, 0.25) is 5.91 Å². The molecule has 0 spiro atoms. The van der Waals surface area contributed by atoms with Crippen LogP contribution in [-0.4, -0.2) is 32.0 Å². The van der Waals surface area contributed by atoms with E-state index in [-0.39, 0.29) is 11.5 Å². The van der Waals surface area contributed by atoms with Crippen molar-refractivity contribution in [3.63, 3.8) is 0 Å². The second kappa shape index (κ2) is 4.99. The Kier molecular flexibility index (Phi) is 3.40. The van der Waals surface area contributed by atoms with E-state index in [9.17, 15) is 9.59 Å². The van der Waals surface area contributed by atoms with Crippen molar-refractivity contribution in [3.8, 4) is 0 Å². The molecule has 0 unspecified atom stereocenters. The van der Waals surface area contributed by atoms with Crippen molar-refractivity contribution in [1.82, 2.24) is 24.9 Å². The van der Waals surface area contributed by atoms with Gasteiger partial charge >= 0.3 is 0 Å². The number of H-pyrrole nitrogens is 1. The maximum absolute atomic E-state index is 11.7. The zero-order valence-electron chi connectivity index (χ0n) is 10.4. The van der Waals surface area contributed by atoms with Gasteiger partial charge in [-0.3, -0.25) is 14.7 Å². The zero-order chi connectivity index (χ0) is 13.1. The highest BCUT2D eigenvalue weighted by atomic mass is 16.1. The molecule has 1 amide bonds. The van der Waals surface area contributed by atoms with E-state index in [1.807, 2.05) is 6.92 Å². The van der Waals surface area contributed by atoms with Crippen LogP contribution in [0.15, 0.2) is 10.9 Å². The summed E-state index contributed by atoms with van der Waals surface area (Å²) >= 11 is 0. The lowest BCUT2D eigenvalue weighted by Gasteiger charge is -2.01. The number of carbonyl (C=O) groups excluding carboxylic acids is 1. The van der Waals surface area contributed by atoms with Crippen molar-refractivity contribution in [2.24, 2.45) is 0 Å². The van der Waals surface area contributed by atoms with Crippen LogP contribution in [0.25, 0.3) is 5.78 Å². The predicted octanol–water partition coefficient (Wildman–Crippen LogP) is -0.205. The summed E-state index contributed by atoms with van der Waals surface area (Å²) in [5.74, 6) is 0.920. The fraction of sp³-hybridized carbons (Fsp3) is 0.455. The molecule has 0 fully saturated rings. The molecule has 18 heavy (non-hydrogen) atoms. The highest BCUT2D eigenvalue weighted by Crippen LogP contribution is 2.00. The maximum Gasteiger partial charge on any atom is 0.274 e. The average Bonchev–Trinajstić information content (AvgIpc) is 2.68. The number of nitrogens with zero attached hydrogens (tertiary/aromatic N) is 3. The minimum absolute atomic E-state index is 0.0438. The lowest BCUT2D eigenvalue weighted by atomic mass is 10.2. The van der Waals surface area contributed by atoms with E-state index in [1.165, 1.54) is 10.6 Å². The Bertz CT molecular complexity index is 628. The van der Waals surface area contributed by atoms with Crippen molar-refractivity contribution < 1.29 is 4.79 Å². The zero-order valence-corrected chi connectivity index (χ0v) is 10.4. The Morgan fingerprint density at radius 1 is 1.50 bits per heavy atom. The number of hydrogen-bond acceptors (Lipinski definition) is 4. The second-order valence-electron chi connectivity index (χ2n) is 3.98. The van der Waals surface area contributed by atoms with E-state index in [4.69, 9.17) is 0 Å². The van der Waals surface area contributed by atoms with Gasteiger partial charge in [0.05, 0.1) is 5.69 Å². The average molecular weight is 249 g/mol. The standard InChI is InChI=1S/C11H15N5O2/c1-3-12-9(17)5-4-8-6-10(18)16-11(14-8)13-7(2)15-16/h6H,3-5H2,1-2H3,(H,12,17)(H,13,14,15). The van der Waals surface area contributed by atoms with Gasteiger partial charge in [0, 0.05) is 19.0 Å². The Morgan fingerprint density at radius 3 is 3.00 bits per heavy atom. The minimum Gasteiger partial charge on any atom is -0.356 e. The Hall–Kier alpha value is -2.18. The van der Waals surface area contributed by atoms with Gasteiger partial charge in [-0.05, 0) is 20.3 Å². The largest absolute Gasteiger partial charge is 0.356 e. The molecule has 96 valence electrons. The molecular weight excluding hydrogens is 234 g/mol. The summed E-state index contributed by atoms with van der Waals surface area (Å²) in [5.41, 5.74) is 0.365. The molecule has 0 radical (unpaired) electrons. The van der Waals surface area contributed by atoms with Crippen molar-refractivity contribution >= 4 is 11.7 Å². The molecule has 0 bridgehead atoms. The van der Waals surface area contributed by atoms with Crippen molar-refractivity contribution in [2.45, 2.75) is 26.7 Å². The highest BCUT2D eigenvalue weighted by Gasteiger charge is 2.07. The van der Waals surface area contributed by atoms with Crippen molar-refractivity contribution in [1.29, 1.82) is 0 Å². The molecule has 0 saturated carbocycles. The summed E-state index contributed by atoms with van der Waals surface area (Å²) in [6.07, 6.45) is 0.753. The van der Waals surface area contributed by atoms with Crippen LogP contribution in [0.4, 0.5) is 0 Å². The van der Waals surface area contributed by atoms with E-state index in [1.54, 1.807) is 6.92 Å². The summed E-state index contributed by atoms with van der Waals surface area (Å²) in [5, 5.41) is 5.49. The number of fused-ring (bicyclic) bond motifs is 1. The summed E-state index contributed by atoms with van der Waals surface area (Å²) in [4.78, 5) is 31.4. The molecule has 0 aliphatic carbocycles. The fourth-order valence-corrected chi connectivity index (χ4v) is 1.69. The SMILES string of the molecule is CCNC(=O)CCc1cc(=O)n2[nH]c(C)nc2n1. The minimum atomic E-state index is -0.216. The lowest BCUT2D eigenvalue weighted by Crippen LogP contribution is -2.23. The number of aromatic amines is 1. The molecule has 0 aromatic carbocycles. The first-order valence-electron chi connectivity index (χ1n) is 5.82. The molecule has 2 heterocycles. The second-order valence-corrected chi connectivity index (χ2v) is 3.98. The number of nitrogens with one attached hydrogen (secondary N) is 2. The van der Waals surface area contributed by atoms with Crippen LogP contribution in [0.3, 0.4) is 0 Å². The third-order valence-electron chi connectivity index (χ3n) is 2.48. The molecule has 7 nitrogen and oxygen atoms in total. The van der Waals surface area contributed by atoms with E-state index < -0.39 is 0 Å². The number of aryl methyl sites for hydroxylation is 2. The van der Waals surface area contributed by atoms with Crippen molar-refractivity contribution in [2.75, 3.05) is 6.54 Å². The van der Waals surface area contributed by atoms with Crippen LogP contribution in [0.2, 0.25) is 0 Å². The topological polar surface area (TPSA) is 92.2 Å². The fourth-order valence-electron chi connectivity index (χ4n) is 1.69. The van der Waals surface area contributed by atoms with Crippen LogP contribution in [0, 0.1) is 6.92 Å². The van der Waals surface area contributed by atoms with E-state index in [0.29, 0.717) is 36.7 Å². The van der Waals surface area contributed by atoms with Crippen molar-refractivity contribution in [3.05, 3.63) is 27.9 Å². The maximum atomic E-state index is 11.7. The third-order valence-corrected chi connectivity index (χ3v) is 2.48. The van der Waals surface area contributed by atoms with Gasteiger partial charge in [0.15, 0.2) is 0 Å². The van der Waals surface area contributed by atoms with Crippen LogP contribution in [-0.2, 0) is 11.2 Å². The number of hydrogen-bond donors (Lipinski definition) is 2. The first-order chi connectivity index (χ1) is 8.60. The first kappa shape index (κ1) is 12.3. The summed E-state index contributed by atoms with van der Waals surface area (Å²) in [6, 6.07) is 1.42. The normalized spacial score (nSPS) is 10.8. The smallest absolute Gasteiger partial charge is 0.274 e. The Morgan fingerprint density at radius 2 is 2.28 bits per heavy atom. The van der Waals surface area contributed by atoms with Gasteiger partial charge < -0.3 is 5.32 Å². The van der Waals surface area contributed by atoms with Gasteiger partial charge in [-0.15, -0.1) is 0 Å². The van der Waals surface area contributed by atoms with E-state index in [2.05, 4.69) is 20.4 Å². The summed E-state index contributed by atoms with van der Waals surface area (Å²) in [6.45, 7) is 4.22. The van der Waals surface area contributed by atoms with Crippen LogP contribution in [0.1, 0.15) is 24.9 Å². The van der Waals surface area contributed by atoms with Gasteiger partial charge in [-0.25, -0.2) is 4.98 Å². The quantitative estimate of drug-likeness (QED) is 0.784. The molecule has 2 aromatic rings. The van der Waals surface area contributed by atoms with E-state index in [0.717, 1.165) is 0 Å². The number of amides is 1. The molecule has 0 aliphatic heterocycles. The van der Waals surface area contributed by atoms with Crippen LogP contribution >= 0.6 is 0 Å². The molecule has 0 saturated heterocycles. The number of aromatic nitrogens is 4. The third kappa shape index (κ3) is 2.55.